The number of carbonyl (C=O) groups excluding carboxylic acids is 1. The molecule has 28 heavy (non-hydrogen) atoms. The Balaban J connectivity index is 1.98. The van der Waals surface area contributed by atoms with Crippen LogP contribution in [0.1, 0.15) is 36.0 Å². The van der Waals surface area contributed by atoms with E-state index in [0.717, 1.165) is 26.9 Å². The van der Waals surface area contributed by atoms with E-state index in [1.54, 1.807) is 0 Å². The van der Waals surface area contributed by atoms with Gasteiger partial charge in [-0.1, -0.05) is 81.4 Å². The number of hydrogen-bond donors (Lipinski definition) is 0. The molecule has 0 saturated carbocycles. The predicted octanol–water partition coefficient (Wildman–Crippen LogP) is 5.44. The van der Waals surface area contributed by atoms with E-state index in [0.29, 0.717) is 6.61 Å². The van der Waals surface area contributed by atoms with E-state index >= 15 is 0 Å². The van der Waals surface area contributed by atoms with Crippen LogP contribution in [0.4, 0.5) is 0 Å². The van der Waals surface area contributed by atoms with Gasteiger partial charge in [-0.3, -0.25) is 4.79 Å². The Morgan fingerprint density at radius 1 is 1.00 bits per heavy atom. The summed E-state index contributed by atoms with van der Waals surface area (Å²) in [5.41, 5.74) is 1.13. The second-order valence-electron chi connectivity index (χ2n) is 7.83. The van der Waals surface area contributed by atoms with Gasteiger partial charge in [-0.25, -0.2) is 0 Å². The molecule has 0 fully saturated rings. The summed E-state index contributed by atoms with van der Waals surface area (Å²) in [6, 6.07) is 23.3. The molecular weight excluding hydrogens is 448 g/mol. The molecule has 0 unspecified atom stereocenters. The van der Waals surface area contributed by atoms with Crippen LogP contribution < -0.4 is 10.4 Å². The number of carbonyl (C=O) groups is 1. The lowest BCUT2D eigenvalue weighted by Gasteiger charge is -2.43. The van der Waals surface area contributed by atoms with Crippen molar-refractivity contribution in [3.63, 3.8) is 0 Å². The molecule has 3 aromatic rings. The third-order valence-electron chi connectivity index (χ3n) is 5.00. The van der Waals surface area contributed by atoms with E-state index in [1.165, 1.54) is 21.7 Å². The first-order valence-corrected chi connectivity index (χ1v) is 12.9. The van der Waals surface area contributed by atoms with Crippen molar-refractivity contribution >= 4 is 52.2 Å². The molecule has 0 radical (unpaired) electrons. The van der Waals surface area contributed by atoms with Gasteiger partial charge in [0.1, 0.15) is 0 Å². The molecule has 1 aromatic heterocycles. The first-order valence-electron chi connectivity index (χ1n) is 9.37. The summed E-state index contributed by atoms with van der Waals surface area (Å²) in [6.45, 7) is 7.46. The maximum absolute atomic E-state index is 11.1. The Bertz CT molecular complexity index is 877. The zero-order valence-corrected chi connectivity index (χ0v) is 19.8. The minimum Gasteiger partial charge on any atom is -0.407 e. The smallest absolute Gasteiger partial charge is 0.261 e. The van der Waals surface area contributed by atoms with Crippen molar-refractivity contribution in [3.8, 4) is 0 Å². The van der Waals surface area contributed by atoms with E-state index in [1.807, 2.05) is 6.07 Å². The molecule has 0 aliphatic carbocycles. The largest absolute Gasteiger partial charge is 0.407 e. The van der Waals surface area contributed by atoms with Gasteiger partial charge in [0, 0.05) is 6.61 Å². The van der Waals surface area contributed by atoms with Crippen LogP contribution in [0, 0.1) is 0 Å². The maximum atomic E-state index is 11.1. The summed E-state index contributed by atoms with van der Waals surface area (Å²) in [6.07, 6.45) is 1.68. The minimum atomic E-state index is -2.50. The van der Waals surface area contributed by atoms with Crippen molar-refractivity contribution in [2.24, 2.45) is 0 Å². The van der Waals surface area contributed by atoms with Gasteiger partial charge in [0.05, 0.1) is 8.66 Å². The summed E-state index contributed by atoms with van der Waals surface area (Å²) < 4.78 is 7.92. The van der Waals surface area contributed by atoms with Gasteiger partial charge >= 0.3 is 0 Å². The first kappa shape index (κ1) is 21.2. The Hall–Kier alpha value is -1.53. The lowest BCUT2D eigenvalue weighted by atomic mass is 10.2. The van der Waals surface area contributed by atoms with Crippen LogP contribution >= 0.6 is 27.3 Å². The summed E-state index contributed by atoms with van der Waals surface area (Å²) >= 11 is 5.06. The van der Waals surface area contributed by atoms with Crippen molar-refractivity contribution in [2.75, 3.05) is 6.61 Å². The van der Waals surface area contributed by atoms with Crippen LogP contribution in [0.15, 0.2) is 70.5 Å². The van der Waals surface area contributed by atoms with Crippen LogP contribution in [0.25, 0.3) is 0 Å². The van der Waals surface area contributed by atoms with Gasteiger partial charge in [0.2, 0.25) is 0 Å². The third kappa shape index (κ3) is 4.23. The highest BCUT2D eigenvalue weighted by atomic mass is 79.9. The Morgan fingerprint density at radius 2 is 1.54 bits per heavy atom. The fraction of sp³-hybridized carbons (Fsp3) is 0.261. The van der Waals surface area contributed by atoms with E-state index < -0.39 is 8.32 Å². The molecular formula is C23H25BrO2SSi. The summed E-state index contributed by atoms with van der Waals surface area (Å²) in [7, 11) is -2.50. The normalized spacial score (nSPS) is 12.1. The Morgan fingerprint density at radius 3 is 1.96 bits per heavy atom. The number of benzene rings is 2. The van der Waals surface area contributed by atoms with Crippen LogP contribution in [0.2, 0.25) is 5.04 Å². The van der Waals surface area contributed by atoms with E-state index in [2.05, 4.69) is 97.4 Å². The van der Waals surface area contributed by atoms with Crippen LogP contribution in [-0.4, -0.2) is 21.2 Å². The van der Waals surface area contributed by atoms with E-state index in [-0.39, 0.29) is 5.04 Å². The lowest BCUT2D eigenvalue weighted by molar-refractivity contribution is 0.112. The van der Waals surface area contributed by atoms with Crippen molar-refractivity contribution in [1.82, 2.24) is 0 Å². The molecule has 0 aliphatic rings. The molecule has 146 valence electrons. The molecule has 2 nitrogen and oxygen atoms in total. The van der Waals surface area contributed by atoms with E-state index in [4.69, 9.17) is 4.43 Å². The Labute approximate surface area is 180 Å². The third-order valence-corrected chi connectivity index (χ3v) is 11.9. The topological polar surface area (TPSA) is 26.3 Å². The summed E-state index contributed by atoms with van der Waals surface area (Å²) in [5.74, 6) is 0. The van der Waals surface area contributed by atoms with Gasteiger partial charge < -0.3 is 4.43 Å². The highest BCUT2D eigenvalue weighted by Gasteiger charge is 2.49. The second kappa shape index (κ2) is 8.87. The van der Waals surface area contributed by atoms with Crippen LogP contribution in [-0.2, 0) is 10.8 Å². The molecule has 0 atom stereocenters. The first-order chi connectivity index (χ1) is 13.4. The molecule has 5 heteroatoms. The van der Waals surface area contributed by atoms with Gasteiger partial charge in [0.25, 0.3) is 8.32 Å². The molecule has 2 aromatic carbocycles. The Kier molecular flexibility index (Phi) is 6.71. The predicted molar refractivity (Wildman–Crippen MR) is 125 cm³/mol. The van der Waals surface area contributed by atoms with Gasteiger partial charge in [-0.05, 0) is 49.4 Å². The lowest BCUT2D eigenvalue weighted by Crippen LogP contribution is -2.66. The van der Waals surface area contributed by atoms with E-state index in [9.17, 15) is 4.79 Å². The number of aldehydes is 1. The number of halogens is 1. The average Bonchev–Trinajstić information content (AvgIpc) is 3.05. The van der Waals surface area contributed by atoms with Crippen LogP contribution in [0.3, 0.4) is 0 Å². The molecule has 0 amide bonds. The zero-order valence-electron chi connectivity index (χ0n) is 16.4. The zero-order chi connectivity index (χ0) is 20.2. The number of rotatable bonds is 7. The standard InChI is InChI=1S/C23H25BrO2SSi/c1-23(2,3)28(20-10-6-4-7-11-20,21-12-8-5-9-13-21)26-15-14-18-16-19(17-25)27-22(18)24/h4-13,16-17H,14-15H2,1-3H3. The fourth-order valence-corrected chi connectivity index (χ4v) is 9.92. The quantitative estimate of drug-likeness (QED) is 0.337. The molecule has 0 saturated heterocycles. The van der Waals surface area contributed by atoms with Gasteiger partial charge in [-0.2, -0.15) is 0 Å². The SMILES string of the molecule is CC(C)(C)[Si](OCCc1cc(C=O)sc1Br)(c1ccccc1)c1ccccc1. The highest BCUT2D eigenvalue weighted by Crippen LogP contribution is 2.37. The number of hydrogen-bond acceptors (Lipinski definition) is 3. The molecule has 0 spiro atoms. The molecule has 0 N–H and O–H groups in total. The second-order valence-corrected chi connectivity index (χ2v) is 14.5. The van der Waals surface area contributed by atoms with Crippen molar-refractivity contribution in [2.45, 2.75) is 32.2 Å². The molecule has 0 bridgehead atoms. The monoisotopic (exact) mass is 472 g/mol. The van der Waals surface area contributed by atoms with Crippen molar-refractivity contribution in [1.29, 1.82) is 0 Å². The average molecular weight is 474 g/mol. The van der Waals surface area contributed by atoms with Gasteiger partial charge in [0.15, 0.2) is 6.29 Å². The number of thiophene rings is 1. The van der Waals surface area contributed by atoms with Crippen molar-refractivity contribution < 1.29 is 9.22 Å². The highest BCUT2D eigenvalue weighted by molar-refractivity contribution is 9.11. The van der Waals surface area contributed by atoms with Crippen molar-refractivity contribution in [3.05, 3.63) is 81.0 Å². The van der Waals surface area contributed by atoms with Gasteiger partial charge in [-0.15, -0.1) is 11.3 Å². The maximum Gasteiger partial charge on any atom is 0.261 e. The van der Waals surface area contributed by atoms with Crippen LogP contribution in [0.5, 0.6) is 0 Å². The summed E-state index contributed by atoms with van der Waals surface area (Å²) in [4.78, 5) is 11.8. The summed E-state index contributed by atoms with van der Waals surface area (Å²) in [5, 5.41) is 2.54. The molecule has 1 heterocycles. The minimum absolute atomic E-state index is 0.0322. The molecule has 0 aliphatic heterocycles. The fourth-order valence-electron chi connectivity index (χ4n) is 3.73. The molecule has 3 rings (SSSR count).